The Balaban J connectivity index is 1.57. The number of carboxylic acids is 1. The third-order valence-corrected chi connectivity index (χ3v) is 6.67. The molecule has 8 nitrogen and oxygen atoms in total. The molecule has 2 amide bonds. The van der Waals surface area contributed by atoms with Crippen LogP contribution in [0.25, 0.3) is 0 Å². The van der Waals surface area contributed by atoms with Crippen molar-refractivity contribution >= 4 is 17.8 Å². The predicted molar refractivity (Wildman–Crippen MR) is 125 cm³/mol. The summed E-state index contributed by atoms with van der Waals surface area (Å²) in [5, 5.41) is 15.6. The van der Waals surface area contributed by atoms with E-state index < -0.39 is 18.7 Å². The Morgan fingerprint density at radius 2 is 2.03 bits per heavy atom. The number of hydrogen-bond acceptors (Lipinski definition) is 5. The molecule has 0 radical (unpaired) electrons. The highest BCUT2D eigenvalue weighted by atomic mass is 18.2. The van der Waals surface area contributed by atoms with Gasteiger partial charge in [-0.05, 0) is 68.8 Å². The number of ether oxygens (including phenoxy) is 1. The third kappa shape index (κ3) is 7.97. The van der Waals surface area contributed by atoms with E-state index in [1.807, 2.05) is 0 Å². The van der Waals surface area contributed by atoms with Crippen molar-refractivity contribution < 1.29 is 28.6 Å². The Bertz CT molecular complexity index is 831. The second-order valence-electron chi connectivity index (χ2n) is 9.18. The van der Waals surface area contributed by atoms with Gasteiger partial charge in [-0.25, -0.2) is 4.39 Å². The normalized spacial score (nSPS) is 19.9. The molecule has 0 unspecified atom stereocenters. The number of piperidine rings is 2. The van der Waals surface area contributed by atoms with Crippen LogP contribution in [0, 0.1) is 11.8 Å². The van der Waals surface area contributed by atoms with Gasteiger partial charge in [-0.1, -0.05) is 12.1 Å². The van der Waals surface area contributed by atoms with Crippen molar-refractivity contribution in [3.63, 3.8) is 0 Å². The van der Waals surface area contributed by atoms with Crippen molar-refractivity contribution in [2.24, 2.45) is 11.8 Å². The molecule has 0 bridgehead atoms. The molecule has 3 rings (SSSR count). The summed E-state index contributed by atoms with van der Waals surface area (Å²) >= 11 is 0. The highest BCUT2D eigenvalue weighted by Crippen LogP contribution is 2.25. The molecule has 2 aliphatic heterocycles. The van der Waals surface area contributed by atoms with Crippen LogP contribution in [-0.2, 0) is 14.4 Å². The van der Waals surface area contributed by atoms with Crippen LogP contribution in [0.5, 0.6) is 5.75 Å². The van der Waals surface area contributed by atoms with E-state index in [9.17, 15) is 23.9 Å². The number of hydrogen-bond donors (Lipinski definition) is 3. The molecule has 0 spiro atoms. The first-order chi connectivity index (χ1) is 16.5. The van der Waals surface area contributed by atoms with Gasteiger partial charge in [0.05, 0.1) is 18.4 Å². The van der Waals surface area contributed by atoms with Gasteiger partial charge in [0.25, 0.3) is 0 Å². The van der Waals surface area contributed by atoms with Gasteiger partial charge in [0.1, 0.15) is 19.0 Å². The second kappa shape index (κ2) is 13.3. The Hall–Kier alpha value is -2.68. The van der Waals surface area contributed by atoms with E-state index in [4.69, 9.17) is 4.74 Å². The lowest BCUT2D eigenvalue weighted by Crippen LogP contribution is -2.46. The molecule has 0 aliphatic carbocycles. The molecular weight excluding hydrogens is 440 g/mol. The lowest BCUT2D eigenvalue weighted by Gasteiger charge is -2.33. The number of rotatable bonds is 11. The van der Waals surface area contributed by atoms with E-state index in [0.29, 0.717) is 43.2 Å². The van der Waals surface area contributed by atoms with Gasteiger partial charge < -0.3 is 25.4 Å². The summed E-state index contributed by atoms with van der Waals surface area (Å²) in [6, 6.07) is 5.94. The average molecular weight is 477 g/mol. The summed E-state index contributed by atoms with van der Waals surface area (Å²) in [7, 11) is 0. The zero-order chi connectivity index (χ0) is 24.3. The Morgan fingerprint density at radius 3 is 2.76 bits per heavy atom. The van der Waals surface area contributed by atoms with Crippen molar-refractivity contribution in [2.45, 2.75) is 51.0 Å². The van der Waals surface area contributed by atoms with Crippen molar-refractivity contribution in [2.75, 3.05) is 39.5 Å². The minimum absolute atomic E-state index is 0.0934. The van der Waals surface area contributed by atoms with Crippen molar-refractivity contribution in [1.82, 2.24) is 15.5 Å². The fraction of sp³-hybridized carbons (Fsp3) is 0.640. The van der Waals surface area contributed by atoms with Crippen LogP contribution in [-0.4, -0.2) is 67.3 Å². The first kappa shape index (κ1) is 25.9. The number of carbonyl (C=O) groups excluding carboxylic acids is 2. The number of carbonyl (C=O) groups is 3. The van der Waals surface area contributed by atoms with E-state index in [0.717, 1.165) is 38.8 Å². The standard InChI is InChI=1S/C25H36FN3O5/c26-10-14-34-21-5-1-3-19(15-21)22(16-24(31)32)28-25(33)20-4-2-13-29(17-20)23(30)7-6-18-8-11-27-12-9-18/h1,3,5,15,18,20,22,27H,2,4,6-14,16-17H2,(H,28,33)(H,31,32)/t20-,22-/m1/s1/i26-1. The quantitative estimate of drug-likeness (QED) is 0.453. The molecule has 0 aromatic heterocycles. The van der Waals surface area contributed by atoms with E-state index in [1.54, 1.807) is 29.2 Å². The third-order valence-electron chi connectivity index (χ3n) is 6.67. The molecule has 2 saturated heterocycles. The van der Waals surface area contributed by atoms with Gasteiger partial charge in [0.2, 0.25) is 11.8 Å². The number of benzene rings is 1. The summed E-state index contributed by atoms with van der Waals surface area (Å²) in [5.74, 6) is -0.580. The number of nitrogens with one attached hydrogen (secondary N) is 2. The number of likely N-dealkylation sites (tertiary alicyclic amines) is 1. The maximum atomic E-state index is 13.1. The first-order valence-electron chi connectivity index (χ1n) is 12.3. The molecule has 34 heavy (non-hydrogen) atoms. The maximum Gasteiger partial charge on any atom is 0.305 e. The minimum Gasteiger partial charge on any atom is -0.491 e. The van der Waals surface area contributed by atoms with Gasteiger partial charge in [-0.2, -0.15) is 0 Å². The van der Waals surface area contributed by atoms with Crippen LogP contribution >= 0.6 is 0 Å². The van der Waals surface area contributed by atoms with Gasteiger partial charge >= 0.3 is 5.97 Å². The molecule has 2 heterocycles. The summed E-state index contributed by atoms with van der Waals surface area (Å²) in [6.45, 7) is 2.30. The number of aliphatic carboxylic acids is 1. The number of amides is 2. The maximum absolute atomic E-state index is 13.1. The fourth-order valence-corrected chi connectivity index (χ4v) is 4.77. The van der Waals surface area contributed by atoms with Crippen molar-refractivity contribution in [1.29, 1.82) is 0 Å². The van der Waals surface area contributed by atoms with Gasteiger partial charge in [0.15, 0.2) is 0 Å². The summed E-state index contributed by atoms with van der Waals surface area (Å²) < 4.78 is 17.7. The van der Waals surface area contributed by atoms with Crippen LogP contribution in [0.2, 0.25) is 0 Å². The van der Waals surface area contributed by atoms with E-state index in [1.165, 1.54) is 0 Å². The molecule has 0 saturated carbocycles. The number of nitrogens with zero attached hydrogens (tertiary/aromatic N) is 1. The topological polar surface area (TPSA) is 108 Å². The molecule has 1 aromatic rings. The van der Waals surface area contributed by atoms with Crippen molar-refractivity contribution in [3.8, 4) is 5.75 Å². The number of carboxylic acid groups (broad SMARTS) is 1. The predicted octanol–water partition coefficient (Wildman–Crippen LogP) is 2.69. The molecule has 2 atom stereocenters. The lowest BCUT2D eigenvalue weighted by atomic mass is 9.92. The zero-order valence-electron chi connectivity index (χ0n) is 19.6. The molecule has 188 valence electrons. The monoisotopic (exact) mass is 476 g/mol. The SMILES string of the molecule is O=C(O)C[C@@H](NC(=O)[C@@H]1CCCN(C(=O)CCC2CCNCC2)C1)c1cccc(OCC[18F])c1. The van der Waals surface area contributed by atoms with Crippen LogP contribution in [0.4, 0.5) is 4.39 Å². The molecular formula is C25H36FN3O5. The van der Waals surface area contributed by atoms with Crippen LogP contribution in [0.3, 0.4) is 0 Å². The fourth-order valence-electron chi connectivity index (χ4n) is 4.77. The Kier molecular flexibility index (Phi) is 10.1. The van der Waals surface area contributed by atoms with E-state index in [-0.39, 0.29) is 30.8 Å². The van der Waals surface area contributed by atoms with E-state index in [2.05, 4.69) is 10.6 Å². The summed E-state index contributed by atoms with van der Waals surface area (Å²) in [6.07, 6.45) is 4.70. The molecule has 2 aliphatic rings. The zero-order valence-corrected chi connectivity index (χ0v) is 19.6. The number of alkyl halides is 1. The Labute approximate surface area is 200 Å². The lowest BCUT2D eigenvalue weighted by molar-refractivity contribution is -0.138. The van der Waals surface area contributed by atoms with Crippen LogP contribution in [0.1, 0.15) is 56.6 Å². The van der Waals surface area contributed by atoms with Crippen molar-refractivity contribution in [3.05, 3.63) is 29.8 Å². The molecule has 2 fully saturated rings. The van der Waals surface area contributed by atoms with Gasteiger partial charge in [0, 0.05) is 19.5 Å². The first-order valence-corrected chi connectivity index (χ1v) is 12.3. The summed E-state index contributed by atoms with van der Waals surface area (Å²) in [5.41, 5.74) is 0.581. The van der Waals surface area contributed by atoms with Crippen LogP contribution < -0.4 is 15.4 Å². The smallest absolute Gasteiger partial charge is 0.305 e. The summed E-state index contributed by atoms with van der Waals surface area (Å²) in [4.78, 5) is 39.1. The van der Waals surface area contributed by atoms with E-state index >= 15 is 0 Å². The minimum atomic E-state index is -1.04. The molecule has 1 aromatic carbocycles. The molecule has 9 heteroatoms. The Morgan fingerprint density at radius 1 is 1.24 bits per heavy atom. The van der Waals surface area contributed by atoms with Gasteiger partial charge in [-0.15, -0.1) is 0 Å². The average Bonchev–Trinajstić information content (AvgIpc) is 2.86. The largest absolute Gasteiger partial charge is 0.491 e. The highest BCUT2D eigenvalue weighted by Gasteiger charge is 2.30. The van der Waals surface area contributed by atoms with Gasteiger partial charge in [-0.3, -0.25) is 14.4 Å². The second-order valence-corrected chi connectivity index (χ2v) is 9.18. The van der Waals surface area contributed by atoms with Crippen LogP contribution in [0.15, 0.2) is 24.3 Å². The number of halogens is 1. The highest BCUT2D eigenvalue weighted by molar-refractivity contribution is 5.82. The molecule has 3 N–H and O–H groups in total.